The highest BCUT2D eigenvalue weighted by Crippen LogP contribution is 2.26. The Morgan fingerprint density at radius 2 is 2.30 bits per heavy atom. The lowest BCUT2D eigenvalue weighted by atomic mass is 10.1. The highest BCUT2D eigenvalue weighted by atomic mass is 32.2. The van der Waals surface area contributed by atoms with Crippen molar-refractivity contribution in [2.45, 2.75) is 0 Å². The predicted octanol–water partition coefficient (Wildman–Crippen LogP) is 2.28. The molecule has 1 aromatic carbocycles. The molecule has 0 saturated carbocycles. The molecular formula is C14H8N4OS. The van der Waals surface area contributed by atoms with Gasteiger partial charge in [0.25, 0.3) is 5.91 Å². The van der Waals surface area contributed by atoms with E-state index in [1.807, 2.05) is 30.3 Å². The van der Waals surface area contributed by atoms with Crippen molar-refractivity contribution in [1.82, 2.24) is 10.3 Å². The number of pyridine rings is 1. The standard InChI is InChI=1S/C14H8N4OS/c15-8-17-14-18-13(19)12(20-14)7-9-3-4-11-10(6-9)2-1-5-16-11/h1-7H,(H,17,18,19)/b12-7-. The van der Waals surface area contributed by atoms with Gasteiger partial charge in [-0.15, -0.1) is 4.99 Å². The van der Waals surface area contributed by atoms with E-state index in [0.717, 1.165) is 28.2 Å². The topological polar surface area (TPSA) is 78.1 Å². The number of rotatable bonds is 1. The minimum Gasteiger partial charge on any atom is -0.300 e. The molecule has 1 saturated heterocycles. The molecule has 3 rings (SSSR count). The Hall–Kier alpha value is -2.65. The van der Waals surface area contributed by atoms with E-state index in [9.17, 15) is 4.79 Å². The number of nitrogens with one attached hydrogen (secondary N) is 1. The van der Waals surface area contributed by atoms with Crippen LogP contribution in [0.15, 0.2) is 46.4 Å². The van der Waals surface area contributed by atoms with Gasteiger partial charge in [0.2, 0.25) is 6.19 Å². The molecule has 1 aliphatic rings. The Morgan fingerprint density at radius 3 is 3.15 bits per heavy atom. The maximum absolute atomic E-state index is 11.7. The fourth-order valence-electron chi connectivity index (χ4n) is 1.86. The van der Waals surface area contributed by atoms with Crippen LogP contribution in [-0.4, -0.2) is 16.1 Å². The molecular weight excluding hydrogens is 272 g/mol. The Kier molecular flexibility index (Phi) is 3.19. The number of nitrogens with zero attached hydrogens (tertiary/aromatic N) is 3. The second-order valence-electron chi connectivity index (χ2n) is 4.04. The van der Waals surface area contributed by atoms with Crippen LogP contribution < -0.4 is 5.32 Å². The second-order valence-corrected chi connectivity index (χ2v) is 5.07. The first kappa shape index (κ1) is 12.4. The molecule has 2 aromatic rings. The molecule has 0 aliphatic carbocycles. The maximum Gasteiger partial charge on any atom is 0.264 e. The number of thioether (sulfide) groups is 1. The average molecular weight is 280 g/mol. The lowest BCUT2D eigenvalue weighted by molar-refractivity contribution is -0.115. The van der Waals surface area contributed by atoms with Gasteiger partial charge in [-0.25, -0.2) is 0 Å². The van der Waals surface area contributed by atoms with E-state index < -0.39 is 0 Å². The second kappa shape index (κ2) is 5.15. The van der Waals surface area contributed by atoms with Crippen LogP contribution >= 0.6 is 11.8 Å². The van der Waals surface area contributed by atoms with Gasteiger partial charge in [0.05, 0.1) is 10.4 Å². The summed E-state index contributed by atoms with van der Waals surface area (Å²) in [6, 6.07) is 9.60. The third-order valence-corrected chi connectivity index (χ3v) is 3.64. The zero-order valence-corrected chi connectivity index (χ0v) is 11.0. The lowest BCUT2D eigenvalue weighted by Crippen LogP contribution is -2.19. The number of nitriles is 1. The molecule has 1 aliphatic heterocycles. The van der Waals surface area contributed by atoms with E-state index in [0.29, 0.717) is 10.1 Å². The molecule has 1 amide bonds. The van der Waals surface area contributed by atoms with Crippen LogP contribution in [0.4, 0.5) is 0 Å². The van der Waals surface area contributed by atoms with E-state index >= 15 is 0 Å². The predicted molar refractivity (Wildman–Crippen MR) is 78.5 cm³/mol. The number of hydrogen-bond acceptors (Lipinski definition) is 5. The minimum absolute atomic E-state index is 0.240. The molecule has 6 heteroatoms. The van der Waals surface area contributed by atoms with Gasteiger partial charge in [-0.3, -0.25) is 15.1 Å². The largest absolute Gasteiger partial charge is 0.300 e. The smallest absolute Gasteiger partial charge is 0.264 e. The highest BCUT2D eigenvalue weighted by molar-refractivity contribution is 8.18. The SMILES string of the molecule is N#CN=C1NC(=O)/C(=C/c2ccc3ncccc3c2)S1. The first-order valence-electron chi connectivity index (χ1n) is 5.79. The van der Waals surface area contributed by atoms with E-state index in [-0.39, 0.29) is 5.91 Å². The summed E-state index contributed by atoms with van der Waals surface area (Å²) in [6.07, 6.45) is 5.17. The van der Waals surface area contributed by atoms with Gasteiger partial charge >= 0.3 is 0 Å². The Morgan fingerprint density at radius 1 is 1.40 bits per heavy atom. The zero-order chi connectivity index (χ0) is 13.9. The normalized spacial score (nSPS) is 18.4. The van der Waals surface area contributed by atoms with Crippen LogP contribution in [0.1, 0.15) is 5.56 Å². The molecule has 2 heterocycles. The van der Waals surface area contributed by atoms with Crippen LogP contribution in [-0.2, 0) is 4.79 Å². The van der Waals surface area contributed by atoms with Crippen LogP contribution in [0.2, 0.25) is 0 Å². The fourth-order valence-corrected chi connectivity index (χ4v) is 2.64. The molecule has 0 unspecified atom stereocenters. The van der Waals surface area contributed by atoms with Crippen LogP contribution in [0.3, 0.4) is 0 Å². The van der Waals surface area contributed by atoms with Crippen molar-refractivity contribution < 1.29 is 4.79 Å². The van der Waals surface area contributed by atoms with Gasteiger partial charge in [-0.05, 0) is 41.6 Å². The van der Waals surface area contributed by atoms with Gasteiger partial charge in [0.1, 0.15) is 0 Å². The number of aliphatic imine (C=N–C) groups is 1. The van der Waals surface area contributed by atoms with E-state index in [1.165, 1.54) is 0 Å². The van der Waals surface area contributed by atoms with Crippen molar-refractivity contribution in [3.8, 4) is 6.19 Å². The van der Waals surface area contributed by atoms with Crippen LogP contribution in [0, 0.1) is 11.5 Å². The number of fused-ring (bicyclic) bond motifs is 1. The molecule has 5 nitrogen and oxygen atoms in total. The van der Waals surface area contributed by atoms with Crippen molar-refractivity contribution >= 4 is 39.8 Å². The molecule has 96 valence electrons. The molecule has 1 aromatic heterocycles. The number of hydrogen-bond donors (Lipinski definition) is 1. The Bertz CT molecular complexity index is 804. The van der Waals surface area contributed by atoms with Crippen LogP contribution in [0.5, 0.6) is 0 Å². The molecule has 0 spiro atoms. The number of amides is 1. The van der Waals surface area contributed by atoms with Gasteiger partial charge in [0, 0.05) is 11.6 Å². The third-order valence-electron chi connectivity index (χ3n) is 2.73. The summed E-state index contributed by atoms with van der Waals surface area (Å²) in [5.41, 5.74) is 1.81. The molecule has 0 atom stereocenters. The summed E-state index contributed by atoms with van der Waals surface area (Å²) >= 11 is 1.16. The average Bonchev–Trinajstić information content (AvgIpc) is 2.79. The molecule has 1 N–H and O–H groups in total. The number of aromatic nitrogens is 1. The molecule has 20 heavy (non-hydrogen) atoms. The first-order chi connectivity index (χ1) is 9.76. The lowest BCUT2D eigenvalue weighted by Gasteiger charge is -1.99. The number of benzene rings is 1. The summed E-state index contributed by atoms with van der Waals surface area (Å²) in [5.74, 6) is -0.240. The van der Waals surface area contributed by atoms with Gasteiger partial charge < -0.3 is 0 Å². The van der Waals surface area contributed by atoms with Crippen molar-refractivity contribution in [1.29, 1.82) is 5.26 Å². The monoisotopic (exact) mass is 280 g/mol. The number of carbonyl (C=O) groups excluding carboxylic acids is 1. The first-order valence-corrected chi connectivity index (χ1v) is 6.60. The van der Waals surface area contributed by atoms with E-state index in [4.69, 9.17) is 5.26 Å². The summed E-state index contributed by atoms with van der Waals surface area (Å²) in [4.78, 5) is 20.0. The van der Waals surface area contributed by atoms with Crippen LogP contribution in [0.25, 0.3) is 17.0 Å². The molecule has 0 radical (unpaired) electrons. The van der Waals surface area contributed by atoms with Gasteiger partial charge in [0.15, 0.2) is 5.17 Å². The number of amidine groups is 1. The number of carbonyl (C=O) groups is 1. The van der Waals surface area contributed by atoms with Crippen molar-refractivity contribution in [3.05, 3.63) is 47.0 Å². The summed E-state index contributed by atoms with van der Waals surface area (Å²) in [5, 5.41) is 12.3. The summed E-state index contributed by atoms with van der Waals surface area (Å²) in [6.45, 7) is 0. The minimum atomic E-state index is -0.240. The highest BCUT2D eigenvalue weighted by Gasteiger charge is 2.23. The Labute approximate surface area is 119 Å². The van der Waals surface area contributed by atoms with Gasteiger partial charge in [-0.1, -0.05) is 12.1 Å². The summed E-state index contributed by atoms with van der Waals surface area (Å²) in [7, 11) is 0. The zero-order valence-electron chi connectivity index (χ0n) is 10.2. The van der Waals surface area contributed by atoms with Crippen molar-refractivity contribution in [3.63, 3.8) is 0 Å². The van der Waals surface area contributed by atoms with Gasteiger partial charge in [-0.2, -0.15) is 5.26 Å². The van der Waals surface area contributed by atoms with E-state index in [1.54, 1.807) is 18.5 Å². The molecule has 1 fully saturated rings. The fraction of sp³-hybridized carbons (Fsp3) is 0. The molecule has 0 bridgehead atoms. The van der Waals surface area contributed by atoms with Crippen molar-refractivity contribution in [2.75, 3.05) is 0 Å². The quantitative estimate of drug-likeness (QED) is 0.642. The van der Waals surface area contributed by atoms with Crippen molar-refractivity contribution in [2.24, 2.45) is 4.99 Å². The maximum atomic E-state index is 11.7. The summed E-state index contributed by atoms with van der Waals surface area (Å²) < 4.78 is 0. The van der Waals surface area contributed by atoms with E-state index in [2.05, 4.69) is 15.3 Å². The third kappa shape index (κ3) is 2.39. The Balaban J connectivity index is 1.96.